The molecule has 5 nitrogen and oxygen atoms in total. The first-order valence-electron chi connectivity index (χ1n) is 9.31. The van der Waals surface area contributed by atoms with E-state index in [9.17, 15) is 4.79 Å². The van der Waals surface area contributed by atoms with E-state index in [1.807, 2.05) is 48.5 Å². The molecule has 2 aromatic carbocycles. The summed E-state index contributed by atoms with van der Waals surface area (Å²) in [6.07, 6.45) is 3.33. The lowest BCUT2D eigenvalue weighted by Crippen LogP contribution is -2.27. The maximum atomic E-state index is 12.3. The Bertz CT molecular complexity index is 858. The predicted molar refractivity (Wildman–Crippen MR) is 118 cm³/mol. The molecule has 6 heteroatoms. The van der Waals surface area contributed by atoms with E-state index < -0.39 is 12.3 Å². The Kier molecular flexibility index (Phi) is 7.85. The molecule has 3 rings (SSSR count). The third-order valence-electron chi connectivity index (χ3n) is 4.53. The molecule has 0 aromatic heterocycles. The minimum atomic E-state index is -0.576. The van der Waals surface area contributed by atoms with E-state index in [0.29, 0.717) is 13.0 Å². The van der Waals surface area contributed by atoms with Gasteiger partial charge in [0.05, 0.1) is 13.2 Å². The van der Waals surface area contributed by atoms with E-state index in [4.69, 9.17) is 19.3 Å². The zero-order valence-corrected chi connectivity index (χ0v) is 18.1. The zero-order chi connectivity index (χ0) is 20.6. The van der Waals surface area contributed by atoms with Crippen molar-refractivity contribution in [2.75, 3.05) is 6.61 Å². The van der Waals surface area contributed by atoms with Gasteiger partial charge in [-0.3, -0.25) is 0 Å². The first-order valence-corrected chi connectivity index (χ1v) is 10.4. The summed E-state index contributed by atoms with van der Waals surface area (Å²) in [5.41, 5.74) is 2.89. The third kappa shape index (κ3) is 6.16. The van der Waals surface area contributed by atoms with Crippen LogP contribution in [0.2, 0.25) is 0 Å². The summed E-state index contributed by atoms with van der Waals surface area (Å²) in [6.45, 7) is 4.03. The number of ether oxygens (including phenoxy) is 3. The van der Waals surface area contributed by atoms with E-state index in [-0.39, 0.29) is 24.9 Å². The van der Waals surface area contributed by atoms with Crippen LogP contribution in [-0.4, -0.2) is 24.0 Å². The van der Waals surface area contributed by atoms with Gasteiger partial charge in [-0.15, -0.1) is 0 Å². The van der Waals surface area contributed by atoms with Gasteiger partial charge in [-0.2, -0.15) is 0 Å². The van der Waals surface area contributed by atoms with Crippen molar-refractivity contribution in [3.8, 4) is 0 Å². The van der Waals surface area contributed by atoms with Crippen LogP contribution in [0.25, 0.3) is 0 Å². The van der Waals surface area contributed by atoms with Crippen molar-refractivity contribution < 1.29 is 24.1 Å². The van der Waals surface area contributed by atoms with Crippen LogP contribution in [0.5, 0.6) is 0 Å². The SMILES string of the molecule is C=CCOC(=O)C1=C[C@H](c2ccc(I)cc2)C[C@H](OCc2ccc(CO)cc2)O1. The Hall–Kier alpha value is -2.16. The second-order valence-corrected chi connectivity index (χ2v) is 7.89. The summed E-state index contributed by atoms with van der Waals surface area (Å²) in [5, 5.41) is 9.15. The Labute approximate surface area is 184 Å². The molecule has 0 saturated carbocycles. The molecule has 1 aliphatic rings. The van der Waals surface area contributed by atoms with Crippen LogP contribution in [0.1, 0.15) is 29.0 Å². The maximum absolute atomic E-state index is 12.3. The molecular formula is C23H23IO5. The maximum Gasteiger partial charge on any atom is 0.373 e. The summed E-state index contributed by atoms with van der Waals surface area (Å²) in [6, 6.07) is 15.7. The summed E-state index contributed by atoms with van der Waals surface area (Å²) < 4.78 is 18.0. The van der Waals surface area contributed by atoms with Crippen LogP contribution in [0.15, 0.2) is 73.0 Å². The number of carbonyl (C=O) groups is 1. The Balaban J connectivity index is 1.73. The van der Waals surface area contributed by atoms with Gasteiger partial charge in [0.25, 0.3) is 0 Å². The molecule has 0 unspecified atom stereocenters. The van der Waals surface area contributed by atoms with Gasteiger partial charge in [0.15, 0.2) is 0 Å². The topological polar surface area (TPSA) is 65.0 Å². The van der Waals surface area contributed by atoms with Gasteiger partial charge in [0.1, 0.15) is 6.61 Å². The third-order valence-corrected chi connectivity index (χ3v) is 5.25. The highest BCUT2D eigenvalue weighted by molar-refractivity contribution is 14.1. The van der Waals surface area contributed by atoms with Gasteiger partial charge in [-0.25, -0.2) is 4.79 Å². The molecule has 0 saturated heterocycles. The number of benzene rings is 2. The van der Waals surface area contributed by atoms with Crippen molar-refractivity contribution >= 4 is 28.6 Å². The lowest BCUT2D eigenvalue weighted by atomic mass is 9.93. The minimum absolute atomic E-state index is 0.00550. The molecular weight excluding hydrogens is 483 g/mol. The van der Waals surface area contributed by atoms with Crippen molar-refractivity contribution in [1.82, 2.24) is 0 Å². The number of hydrogen-bond acceptors (Lipinski definition) is 5. The van der Waals surface area contributed by atoms with Crippen LogP contribution in [0, 0.1) is 3.57 Å². The molecule has 0 fully saturated rings. The largest absolute Gasteiger partial charge is 0.458 e. The van der Waals surface area contributed by atoms with E-state index in [2.05, 4.69) is 29.2 Å². The lowest BCUT2D eigenvalue weighted by molar-refractivity contribution is -0.163. The van der Waals surface area contributed by atoms with E-state index >= 15 is 0 Å². The number of aliphatic hydroxyl groups excluding tert-OH is 1. The number of carbonyl (C=O) groups excluding carboxylic acids is 1. The quantitative estimate of drug-likeness (QED) is 0.326. The number of hydrogen-bond donors (Lipinski definition) is 1. The molecule has 2 aromatic rings. The van der Waals surface area contributed by atoms with Gasteiger partial charge in [-0.05, 0) is 57.5 Å². The molecule has 1 N–H and O–H groups in total. The smallest absolute Gasteiger partial charge is 0.373 e. The van der Waals surface area contributed by atoms with E-state index in [1.54, 1.807) is 6.08 Å². The number of halogens is 1. The van der Waals surface area contributed by atoms with Crippen molar-refractivity contribution in [3.05, 3.63) is 93.3 Å². The van der Waals surface area contributed by atoms with Crippen LogP contribution in [0.3, 0.4) is 0 Å². The Morgan fingerprint density at radius 2 is 1.86 bits per heavy atom. The van der Waals surface area contributed by atoms with Crippen molar-refractivity contribution in [1.29, 1.82) is 0 Å². The van der Waals surface area contributed by atoms with Crippen molar-refractivity contribution in [3.63, 3.8) is 0 Å². The predicted octanol–water partition coefficient (Wildman–Crippen LogP) is 4.44. The lowest BCUT2D eigenvalue weighted by Gasteiger charge is -2.29. The average Bonchev–Trinajstić information content (AvgIpc) is 2.76. The van der Waals surface area contributed by atoms with Crippen LogP contribution in [0.4, 0.5) is 0 Å². The molecule has 0 spiro atoms. The van der Waals surface area contributed by atoms with Gasteiger partial charge in [0.2, 0.25) is 12.0 Å². The van der Waals surface area contributed by atoms with E-state index in [1.165, 1.54) is 6.08 Å². The molecule has 0 amide bonds. The molecule has 0 bridgehead atoms. The molecule has 1 aliphatic heterocycles. The highest BCUT2D eigenvalue weighted by Gasteiger charge is 2.29. The molecule has 0 aliphatic carbocycles. The van der Waals surface area contributed by atoms with Gasteiger partial charge in [0, 0.05) is 15.9 Å². The molecule has 0 radical (unpaired) electrons. The van der Waals surface area contributed by atoms with Crippen LogP contribution in [-0.2, 0) is 32.2 Å². The summed E-state index contributed by atoms with van der Waals surface area (Å²) in [7, 11) is 0. The molecule has 29 heavy (non-hydrogen) atoms. The molecule has 2 atom stereocenters. The monoisotopic (exact) mass is 506 g/mol. The number of rotatable bonds is 8. The second-order valence-electron chi connectivity index (χ2n) is 6.64. The number of aliphatic hydroxyl groups is 1. The first kappa shape index (κ1) is 21.5. The average molecular weight is 506 g/mol. The summed E-state index contributed by atoms with van der Waals surface area (Å²) >= 11 is 2.26. The second kappa shape index (κ2) is 10.6. The Morgan fingerprint density at radius 1 is 1.17 bits per heavy atom. The highest BCUT2D eigenvalue weighted by atomic mass is 127. The summed E-state index contributed by atoms with van der Waals surface area (Å²) in [5.74, 6) is -0.392. The van der Waals surface area contributed by atoms with Crippen molar-refractivity contribution in [2.24, 2.45) is 0 Å². The van der Waals surface area contributed by atoms with E-state index in [0.717, 1.165) is 20.3 Å². The summed E-state index contributed by atoms with van der Waals surface area (Å²) in [4.78, 5) is 12.3. The number of esters is 1. The standard InChI is InChI=1S/C23H23IO5/c1-2-11-27-23(26)21-12-19(18-7-9-20(24)10-8-18)13-22(29-21)28-15-17-5-3-16(14-25)4-6-17/h2-10,12,19,22,25H,1,11,13-15H2/t19-,22+/m0/s1. The normalized spacial score (nSPS) is 18.5. The van der Waals surface area contributed by atoms with Crippen LogP contribution >= 0.6 is 22.6 Å². The Morgan fingerprint density at radius 3 is 2.52 bits per heavy atom. The number of allylic oxidation sites excluding steroid dienone is 1. The molecule has 152 valence electrons. The first-order chi connectivity index (χ1) is 14.1. The fourth-order valence-electron chi connectivity index (χ4n) is 2.98. The highest BCUT2D eigenvalue weighted by Crippen LogP contribution is 2.32. The molecule has 1 heterocycles. The van der Waals surface area contributed by atoms with Gasteiger partial charge < -0.3 is 19.3 Å². The fourth-order valence-corrected chi connectivity index (χ4v) is 3.34. The van der Waals surface area contributed by atoms with Gasteiger partial charge in [-0.1, -0.05) is 49.1 Å². The van der Waals surface area contributed by atoms with Crippen molar-refractivity contribution in [2.45, 2.75) is 31.8 Å². The zero-order valence-electron chi connectivity index (χ0n) is 15.9. The van der Waals surface area contributed by atoms with Gasteiger partial charge >= 0.3 is 5.97 Å². The van der Waals surface area contributed by atoms with Crippen LogP contribution < -0.4 is 0 Å². The minimum Gasteiger partial charge on any atom is -0.458 e. The fraction of sp³-hybridized carbons (Fsp3) is 0.261.